The lowest BCUT2D eigenvalue weighted by atomic mass is 9.67. The number of halogens is 1. The van der Waals surface area contributed by atoms with Crippen LogP contribution in [0.15, 0.2) is 42.5 Å². The molecule has 37 heavy (non-hydrogen) atoms. The average Bonchev–Trinajstić information content (AvgIpc) is 3.34. The van der Waals surface area contributed by atoms with Crippen molar-refractivity contribution < 1.29 is 19.4 Å². The molecule has 1 heterocycles. The molecule has 0 bridgehead atoms. The lowest BCUT2D eigenvalue weighted by molar-refractivity contribution is -0.135. The fraction of sp³-hybridized carbons (Fsp3) is 0.567. The summed E-state index contributed by atoms with van der Waals surface area (Å²) < 4.78 is 11.7. The molecule has 1 amide bonds. The number of nitrogens with zero attached hydrogens (tertiary/aromatic N) is 1. The molecule has 1 aliphatic heterocycles. The number of likely N-dealkylation sites (tertiary alicyclic amines) is 1. The number of methoxy groups -OCH3 is 1. The summed E-state index contributed by atoms with van der Waals surface area (Å²) in [6, 6.07) is 13.5. The van der Waals surface area contributed by atoms with E-state index in [0.29, 0.717) is 41.7 Å². The minimum absolute atomic E-state index is 0.0856. The van der Waals surface area contributed by atoms with Crippen LogP contribution in [0.5, 0.6) is 11.5 Å². The first-order valence-electron chi connectivity index (χ1n) is 13.6. The Kier molecular flexibility index (Phi) is 9.51. The molecule has 6 nitrogen and oxygen atoms in total. The minimum atomic E-state index is -1.24. The highest BCUT2D eigenvalue weighted by Crippen LogP contribution is 2.51. The number of hydrogen-bond donors (Lipinski definition) is 2. The Bertz CT molecular complexity index is 1050. The summed E-state index contributed by atoms with van der Waals surface area (Å²) in [4.78, 5) is 14.2. The fourth-order valence-corrected chi connectivity index (χ4v) is 6.76. The molecule has 0 spiro atoms. The summed E-state index contributed by atoms with van der Waals surface area (Å²) in [6.07, 6.45) is 7.53. The van der Waals surface area contributed by atoms with E-state index in [1.54, 1.807) is 13.2 Å². The Morgan fingerprint density at radius 2 is 1.97 bits per heavy atom. The van der Waals surface area contributed by atoms with Crippen molar-refractivity contribution in [1.82, 2.24) is 4.90 Å². The van der Waals surface area contributed by atoms with Gasteiger partial charge in [0.2, 0.25) is 6.41 Å². The summed E-state index contributed by atoms with van der Waals surface area (Å²) in [5, 5.41) is 13.3. The number of carbonyl (C=O) groups excluding carboxylic acids is 1. The number of aryl methyl sites for hydroxylation is 1. The van der Waals surface area contributed by atoms with Gasteiger partial charge >= 0.3 is 0 Å². The lowest BCUT2D eigenvalue weighted by Crippen LogP contribution is -2.55. The summed E-state index contributed by atoms with van der Waals surface area (Å²) in [5.74, 6) is 1.28. The minimum Gasteiger partial charge on any atom is -0.455 e. The molecule has 202 valence electrons. The molecule has 3 N–H and O–H groups in total. The van der Waals surface area contributed by atoms with Gasteiger partial charge in [0.25, 0.3) is 0 Å². The van der Waals surface area contributed by atoms with Gasteiger partial charge in [0, 0.05) is 43.8 Å². The number of para-hydroxylation sites is 2. The highest BCUT2D eigenvalue weighted by molar-refractivity contribution is 6.32. The van der Waals surface area contributed by atoms with E-state index in [1.807, 2.05) is 48.2 Å². The number of unbranched alkanes of at least 4 members (excludes halogenated alkanes) is 1. The number of hydrogen-bond acceptors (Lipinski definition) is 5. The molecule has 2 aliphatic rings. The van der Waals surface area contributed by atoms with Crippen molar-refractivity contribution in [3.63, 3.8) is 0 Å². The lowest BCUT2D eigenvalue weighted by Gasteiger charge is -2.50. The van der Waals surface area contributed by atoms with Crippen LogP contribution in [0.1, 0.15) is 62.5 Å². The van der Waals surface area contributed by atoms with E-state index in [-0.39, 0.29) is 23.9 Å². The van der Waals surface area contributed by atoms with Crippen LogP contribution in [0.2, 0.25) is 5.02 Å². The van der Waals surface area contributed by atoms with Gasteiger partial charge in [0.15, 0.2) is 5.75 Å². The zero-order valence-electron chi connectivity index (χ0n) is 22.1. The zero-order valence-corrected chi connectivity index (χ0v) is 22.8. The van der Waals surface area contributed by atoms with Crippen molar-refractivity contribution in [2.24, 2.45) is 17.6 Å². The third kappa shape index (κ3) is 6.14. The summed E-state index contributed by atoms with van der Waals surface area (Å²) >= 11 is 6.76. The molecule has 2 fully saturated rings. The van der Waals surface area contributed by atoms with E-state index in [2.05, 4.69) is 0 Å². The normalized spacial score (nSPS) is 25.6. The Morgan fingerprint density at radius 3 is 2.68 bits per heavy atom. The monoisotopic (exact) mass is 528 g/mol. The van der Waals surface area contributed by atoms with Crippen molar-refractivity contribution in [2.45, 2.75) is 76.0 Å². The average molecular weight is 529 g/mol. The summed E-state index contributed by atoms with van der Waals surface area (Å²) in [7, 11) is 1.69. The largest absolute Gasteiger partial charge is 0.455 e. The maximum Gasteiger partial charge on any atom is 0.209 e. The van der Waals surface area contributed by atoms with Crippen LogP contribution in [-0.2, 0) is 15.1 Å². The van der Waals surface area contributed by atoms with E-state index in [1.165, 1.54) is 0 Å². The van der Waals surface area contributed by atoms with E-state index < -0.39 is 5.60 Å². The number of piperidine rings is 1. The van der Waals surface area contributed by atoms with E-state index in [4.69, 9.17) is 26.8 Å². The number of amides is 1. The van der Waals surface area contributed by atoms with Crippen LogP contribution >= 0.6 is 11.6 Å². The van der Waals surface area contributed by atoms with E-state index in [0.717, 1.165) is 56.9 Å². The second-order valence-corrected chi connectivity index (χ2v) is 11.2. The van der Waals surface area contributed by atoms with Crippen molar-refractivity contribution >= 4 is 18.0 Å². The van der Waals surface area contributed by atoms with Crippen LogP contribution in [0.3, 0.4) is 0 Å². The van der Waals surface area contributed by atoms with Crippen LogP contribution in [0.4, 0.5) is 0 Å². The van der Waals surface area contributed by atoms with Crippen molar-refractivity contribution in [1.29, 1.82) is 0 Å². The van der Waals surface area contributed by atoms with Crippen molar-refractivity contribution in [3.8, 4) is 11.5 Å². The van der Waals surface area contributed by atoms with Gasteiger partial charge in [0.1, 0.15) is 5.75 Å². The third-order valence-corrected chi connectivity index (χ3v) is 8.67. The molecule has 1 saturated heterocycles. The zero-order chi connectivity index (χ0) is 26.4. The van der Waals surface area contributed by atoms with Gasteiger partial charge in [0.05, 0.1) is 10.6 Å². The topological polar surface area (TPSA) is 85.0 Å². The van der Waals surface area contributed by atoms with Crippen LogP contribution in [-0.4, -0.2) is 48.8 Å². The SMILES string of the molecule is COCCCCC(O)(c1cccc(Cl)c1Oc1ccccc1C)C1CCCN(C=O)C1C1CCC(N)C1. The number of carbonyl (C=O) groups is 1. The number of rotatable bonds is 11. The third-order valence-electron chi connectivity index (χ3n) is 8.37. The Hall–Kier alpha value is -2.12. The van der Waals surface area contributed by atoms with Gasteiger partial charge in [-0.05, 0) is 81.9 Å². The van der Waals surface area contributed by atoms with Crippen LogP contribution in [0.25, 0.3) is 0 Å². The Labute approximate surface area is 226 Å². The second kappa shape index (κ2) is 12.6. The standard InChI is InChI=1S/C30H41ClN2O4/c1-21-9-3-4-13-27(21)37-29-25(10-7-12-26(29)31)30(35,16-5-6-18-36-2)24-11-8-17-33(20-34)28(24)22-14-15-23(32)19-22/h3-4,7,9-10,12-13,20,22-24,28,35H,5-6,8,11,14-19,32H2,1-2H3. The first-order valence-corrected chi connectivity index (χ1v) is 14.0. The van der Waals surface area contributed by atoms with E-state index in [9.17, 15) is 9.90 Å². The molecule has 2 aromatic rings. The molecule has 0 aromatic heterocycles. The molecule has 4 rings (SSSR count). The maximum absolute atomic E-state index is 12.8. The van der Waals surface area contributed by atoms with E-state index >= 15 is 0 Å². The van der Waals surface area contributed by atoms with Gasteiger partial charge in [-0.1, -0.05) is 41.9 Å². The molecule has 5 atom stereocenters. The van der Waals surface area contributed by atoms with Gasteiger partial charge in [-0.3, -0.25) is 4.79 Å². The molecule has 2 aromatic carbocycles. The predicted molar refractivity (Wildman–Crippen MR) is 147 cm³/mol. The molecule has 7 heteroatoms. The Balaban J connectivity index is 1.79. The number of nitrogens with two attached hydrogens (primary N) is 1. The highest BCUT2D eigenvalue weighted by Gasteiger charge is 2.50. The summed E-state index contributed by atoms with van der Waals surface area (Å²) in [5.41, 5.74) is 6.75. The highest BCUT2D eigenvalue weighted by atomic mass is 35.5. The predicted octanol–water partition coefficient (Wildman–Crippen LogP) is 5.81. The first-order chi connectivity index (χ1) is 17.9. The van der Waals surface area contributed by atoms with Gasteiger partial charge < -0.3 is 25.2 Å². The maximum atomic E-state index is 12.8. The molecule has 1 saturated carbocycles. The first kappa shape index (κ1) is 27.9. The van der Waals surface area contributed by atoms with Crippen molar-refractivity contribution in [2.75, 3.05) is 20.3 Å². The van der Waals surface area contributed by atoms with Gasteiger partial charge in [-0.2, -0.15) is 0 Å². The molecule has 0 radical (unpaired) electrons. The molecule has 5 unspecified atom stereocenters. The second-order valence-electron chi connectivity index (χ2n) is 10.8. The number of aliphatic hydroxyl groups is 1. The molecule has 1 aliphatic carbocycles. The molecular formula is C30H41ClN2O4. The van der Waals surface area contributed by atoms with Gasteiger partial charge in [-0.25, -0.2) is 0 Å². The number of benzene rings is 2. The van der Waals surface area contributed by atoms with Crippen LogP contribution < -0.4 is 10.5 Å². The van der Waals surface area contributed by atoms with Gasteiger partial charge in [-0.15, -0.1) is 0 Å². The fourth-order valence-electron chi connectivity index (χ4n) is 6.55. The quantitative estimate of drug-likeness (QED) is 0.284. The Morgan fingerprint density at radius 1 is 1.16 bits per heavy atom. The van der Waals surface area contributed by atoms with Crippen LogP contribution in [0, 0.1) is 18.8 Å². The summed E-state index contributed by atoms with van der Waals surface area (Å²) in [6.45, 7) is 3.33. The number of ether oxygens (including phenoxy) is 2. The smallest absolute Gasteiger partial charge is 0.209 e. The van der Waals surface area contributed by atoms with Crippen molar-refractivity contribution in [3.05, 3.63) is 58.6 Å². The molecular weight excluding hydrogens is 488 g/mol.